The van der Waals surface area contributed by atoms with Gasteiger partial charge >= 0.3 is 26.3 Å². The fraction of sp³-hybridized carbons (Fsp3) is 0.109. The largest absolute Gasteiger partial charge is 3.00 e. The van der Waals surface area contributed by atoms with Gasteiger partial charge in [0.15, 0.2) is 0 Å². The molecule has 0 amide bonds. The number of benzene rings is 7. The summed E-state index contributed by atoms with van der Waals surface area (Å²) < 4.78 is 98.0. The van der Waals surface area contributed by atoms with Gasteiger partial charge in [0.05, 0.1) is 0 Å². The fourth-order valence-electron chi connectivity index (χ4n) is 9.10. The van der Waals surface area contributed by atoms with E-state index in [1.54, 1.807) is 36.8 Å². The van der Waals surface area contributed by atoms with Crippen molar-refractivity contribution in [2.75, 3.05) is 0 Å². The molecule has 11 heteroatoms. The van der Waals surface area contributed by atoms with Crippen molar-refractivity contribution in [2.24, 2.45) is 0 Å². The monoisotopic (exact) mass is 1180 g/mol. The minimum atomic E-state index is -4.36. The Morgan fingerprint density at radius 3 is 1.48 bits per heavy atom. The number of hydrogen-bond donors (Lipinski definition) is 0. The first-order chi connectivity index (χ1) is 35.9. The second-order valence-corrected chi connectivity index (χ2v) is 18.1. The average Bonchev–Trinajstić information content (AvgIpc) is 3.42. The summed E-state index contributed by atoms with van der Waals surface area (Å²) in [6.45, 7) is 0. The minimum absolute atomic E-state index is 0. The molecule has 0 aliphatic rings. The van der Waals surface area contributed by atoms with Crippen molar-refractivity contribution in [1.82, 2.24) is 15.0 Å². The Balaban J connectivity index is 0.00000689. The van der Waals surface area contributed by atoms with E-state index in [0.717, 1.165) is 91.0 Å². The van der Waals surface area contributed by atoms with Gasteiger partial charge in [-0.05, 0) is 116 Å². The summed E-state index contributed by atoms with van der Waals surface area (Å²) in [7, 11) is 0. The first-order valence-corrected chi connectivity index (χ1v) is 24.0. The molecule has 0 aliphatic carbocycles. The standard InChI is InChI=1S/C64H43F7N3.Ir/c65-51-22-25-54(59(67)35-51)61-27-16-42(38-72-61)11-13-44-31-45(14-12-43-17-28-62(73-39-43)55-26-23-52(66)36-60(55)68)33-50(32-44)53-24-15-41(29-30-64(69,70)71)34-57(53)58-40-74-63(49-9-5-2-6-10-49)37-56(58)48-20-18-47(19-21-48)46-7-3-1-4-8-46;/h1-9,15-24,27-28,31-40H,11-14,29-30H2;/q-3;+3. The van der Waals surface area contributed by atoms with Gasteiger partial charge in [-0.3, -0.25) is 17.6 Å². The molecule has 0 radical (unpaired) electrons. The molecule has 0 fully saturated rings. The van der Waals surface area contributed by atoms with Crippen LogP contribution in [0.15, 0.2) is 188 Å². The molecule has 0 N–H and O–H groups in total. The van der Waals surface area contributed by atoms with Gasteiger partial charge in [-0.2, -0.15) is 13.2 Å². The van der Waals surface area contributed by atoms with Crippen molar-refractivity contribution in [3.63, 3.8) is 0 Å². The second kappa shape index (κ2) is 23.1. The zero-order chi connectivity index (χ0) is 51.2. The van der Waals surface area contributed by atoms with Gasteiger partial charge in [0.25, 0.3) is 0 Å². The number of hydrogen-bond acceptors (Lipinski definition) is 3. The van der Waals surface area contributed by atoms with Gasteiger partial charge in [0, 0.05) is 53.8 Å². The van der Waals surface area contributed by atoms with E-state index in [0.29, 0.717) is 53.9 Å². The van der Waals surface area contributed by atoms with Crippen LogP contribution in [0.2, 0.25) is 0 Å². The summed E-state index contributed by atoms with van der Waals surface area (Å²) in [5.41, 5.74) is 13.4. The molecule has 75 heavy (non-hydrogen) atoms. The summed E-state index contributed by atoms with van der Waals surface area (Å²) in [6.07, 6.45) is 1.81. The molecule has 372 valence electrons. The van der Waals surface area contributed by atoms with Crippen LogP contribution in [0.25, 0.3) is 78.3 Å². The molecule has 10 aromatic rings. The quantitative estimate of drug-likeness (QED) is 0.0758. The van der Waals surface area contributed by atoms with Crippen LogP contribution in [0.4, 0.5) is 30.7 Å². The molecule has 3 heterocycles. The van der Waals surface area contributed by atoms with E-state index < -0.39 is 35.9 Å². The van der Waals surface area contributed by atoms with Crippen molar-refractivity contribution < 1.29 is 50.8 Å². The van der Waals surface area contributed by atoms with Crippen LogP contribution >= 0.6 is 0 Å². The summed E-state index contributed by atoms with van der Waals surface area (Å²) in [5, 5.41) is 0. The first-order valence-electron chi connectivity index (χ1n) is 24.0. The molecule has 3 aromatic heterocycles. The number of aromatic nitrogens is 3. The molecule has 0 spiro atoms. The molecule has 0 saturated carbocycles. The van der Waals surface area contributed by atoms with Gasteiger partial charge in [-0.15, -0.1) is 60.2 Å². The van der Waals surface area contributed by atoms with Gasteiger partial charge in [0.2, 0.25) is 0 Å². The van der Waals surface area contributed by atoms with E-state index in [2.05, 4.69) is 70.6 Å². The van der Waals surface area contributed by atoms with Crippen molar-refractivity contribution in [2.45, 2.75) is 44.7 Å². The number of nitrogens with zero attached hydrogens (tertiary/aromatic N) is 3. The van der Waals surface area contributed by atoms with Crippen LogP contribution in [-0.4, -0.2) is 21.1 Å². The third-order valence-electron chi connectivity index (χ3n) is 12.9. The number of halogens is 7. The van der Waals surface area contributed by atoms with Crippen LogP contribution < -0.4 is 0 Å². The molecule has 10 rings (SSSR count). The zero-order valence-corrected chi connectivity index (χ0v) is 42.4. The summed E-state index contributed by atoms with van der Waals surface area (Å²) >= 11 is 0. The van der Waals surface area contributed by atoms with Gasteiger partial charge in [-0.25, -0.2) is 0 Å². The maximum Gasteiger partial charge on any atom is 3.00 e. The Kier molecular flexibility index (Phi) is 16.1. The fourth-order valence-corrected chi connectivity index (χ4v) is 9.10. The predicted octanol–water partition coefficient (Wildman–Crippen LogP) is 16.6. The maximum absolute atomic E-state index is 14.6. The Morgan fingerprint density at radius 2 is 0.933 bits per heavy atom. The van der Waals surface area contributed by atoms with E-state index in [4.69, 9.17) is 4.98 Å². The first kappa shape index (κ1) is 52.0. The number of aryl methyl sites for hydroxylation is 5. The van der Waals surface area contributed by atoms with E-state index in [1.807, 2.05) is 84.9 Å². The third kappa shape index (κ3) is 12.7. The Hall–Kier alpha value is -7.85. The molecular formula is C64H43F7IrN3. The van der Waals surface area contributed by atoms with Crippen molar-refractivity contribution in [1.29, 1.82) is 0 Å². The van der Waals surface area contributed by atoms with E-state index in [9.17, 15) is 30.7 Å². The van der Waals surface area contributed by atoms with Crippen molar-refractivity contribution in [3.05, 3.63) is 258 Å². The van der Waals surface area contributed by atoms with Crippen molar-refractivity contribution in [3.8, 4) is 78.3 Å². The Morgan fingerprint density at radius 1 is 0.387 bits per heavy atom. The molecule has 0 unspecified atom stereocenters. The topological polar surface area (TPSA) is 38.7 Å². The van der Waals surface area contributed by atoms with Gasteiger partial charge in [0.1, 0.15) is 0 Å². The molecule has 0 aliphatic heterocycles. The second-order valence-electron chi connectivity index (χ2n) is 18.1. The predicted molar refractivity (Wildman–Crippen MR) is 276 cm³/mol. The van der Waals surface area contributed by atoms with Crippen molar-refractivity contribution >= 4 is 0 Å². The number of pyridine rings is 3. The Labute approximate surface area is 444 Å². The van der Waals surface area contributed by atoms with Gasteiger partial charge in [-0.1, -0.05) is 145 Å². The smallest absolute Gasteiger partial charge is 0.304 e. The number of rotatable bonds is 15. The SMILES string of the molecule is Fc1c[c-]c(-c2ccc(CCc3cc(CCc4ccc(-c5[c-]cc(F)cc5F)nc4)cc(-c4ccc(CCC(F)(F)F)cc4-c4cnc(-c5[c-]cccc5)cc4-c4ccc(-c5ccccc5)cc4)c3)cn2)c(F)c1.[Ir+3]. The molecular weight excluding hydrogens is 1140 g/mol. The number of alkyl halides is 3. The van der Waals surface area contributed by atoms with Crippen LogP contribution in [0.3, 0.4) is 0 Å². The summed E-state index contributed by atoms with van der Waals surface area (Å²) in [5.74, 6) is -2.98. The summed E-state index contributed by atoms with van der Waals surface area (Å²) in [4.78, 5) is 13.9. The van der Waals surface area contributed by atoms with E-state index in [-0.39, 0.29) is 37.7 Å². The zero-order valence-electron chi connectivity index (χ0n) is 40.0. The van der Waals surface area contributed by atoms with Crippen LogP contribution in [-0.2, 0) is 52.2 Å². The van der Waals surface area contributed by atoms with E-state index >= 15 is 0 Å². The minimum Gasteiger partial charge on any atom is -0.304 e. The molecule has 0 saturated heterocycles. The van der Waals surface area contributed by atoms with E-state index in [1.165, 1.54) is 0 Å². The summed E-state index contributed by atoms with van der Waals surface area (Å²) in [6, 6.07) is 59.0. The normalized spacial score (nSPS) is 11.3. The molecule has 7 aromatic carbocycles. The molecule has 0 atom stereocenters. The average molecular weight is 1180 g/mol. The van der Waals surface area contributed by atoms with Crippen LogP contribution in [0.5, 0.6) is 0 Å². The van der Waals surface area contributed by atoms with Gasteiger partial charge < -0.3 is 15.0 Å². The molecule has 0 bridgehead atoms. The third-order valence-corrected chi connectivity index (χ3v) is 12.9. The maximum atomic E-state index is 14.6. The van der Waals surface area contributed by atoms with Crippen LogP contribution in [0, 0.1) is 41.5 Å². The Bertz CT molecular complexity index is 3450. The van der Waals surface area contributed by atoms with Crippen LogP contribution in [0.1, 0.15) is 34.2 Å². The molecule has 3 nitrogen and oxygen atoms in total.